The number of pyridine rings is 1. The van der Waals surface area contributed by atoms with Gasteiger partial charge in [-0.25, -0.2) is 4.39 Å². The van der Waals surface area contributed by atoms with Gasteiger partial charge in [0, 0.05) is 18.0 Å². The number of carbonyl (C=O) groups is 1. The van der Waals surface area contributed by atoms with Crippen molar-refractivity contribution in [2.75, 3.05) is 5.32 Å². The minimum absolute atomic E-state index is 0.332. The number of carbonyl (C=O) groups excluding carboxylic acids is 1. The molecule has 2 aromatic heterocycles. The first-order valence-electron chi connectivity index (χ1n) is 8.99. The molecular weight excluding hydrogens is 369 g/mol. The molecule has 2 heterocycles. The van der Waals surface area contributed by atoms with Crippen LogP contribution in [-0.4, -0.2) is 21.1 Å². The second kappa shape index (κ2) is 8.04. The lowest BCUT2D eigenvalue weighted by Crippen LogP contribution is -2.28. The van der Waals surface area contributed by atoms with Gasteiger partial charge in [0.05, 0.1) is 11.3 Å². The van der Waals surface area contributed by atoms with Gasteiger partial charge >= 0.3 is 0 Å². The number of benzene rings is 2. The zero-order chi connectivity index (χ0) is 20.2. The molecule has 0 aliphatic heterocycles. The highest BCUT2D eigenvalue weighted by Gasteiger charge is 2.22. The fourth-order valence-electron chi connectivity index (χ4n) is 3.06. The molecule has 0 fully saturated rings. The number of nitrogens with one attached hydrogen (secondary N) is 2. The number of hydrogen-bond acceptors (Lipinski definition) is 4. The van der Waals surface area contributed by atoms with Gasteiger partial charge < -0.3 is 11.1 Å². The molecule has 29 heavy (non-hydrogen) atoms. The molecule has 7 heteroatoms. The smallest absolute Gasteiger partial charge is 0.247 e. The summed E-state index contributed by atoms with van der Waals surface area (Å²) in [6, 6.07) is 17.9. The maximum Gasteiger partial charge on any atom is 0.247 e. The first-order valence-corrected chi connectivity index (χ1v) is 8.99. The quantitative estimate of drug-likeness (QED) is 0.484. The van der Waals surface area contributed by atoms with Gasteiger partial charge in [-0.1, -0.05) is 30.3 Å². The van der Waals surface area contributed by atoms with Crippen LogP contribution in [0.25, 0.3) is 22.4 Å². The number of nitrogens with two attached hydrogens (primary N) is 1. The fourth-order valence-corrected chi connectivity index (χ4v) is 3.06. The van der Waals surface area contributed by atoms with Crippen LogP contribution in [-0.2, 0) is 4.79 Å². The van der Waals surface area contributed by atoms with Crippen LogP contribution in [0.4, 0.5) is 10.2 Å². The van der Waals surface area contributed by atoms with Gasteiger partial charge in [0.1, 0.15) is 11.9 Å². The average Bonchev–Trinajstić information content (AvgIpc) is 3.18. The molecular formula is C22H18FN5O. The maximum absolute atomic E-state index is 13.3. The van der Waals surface area contributed by atoms with Gasteiger partial charge in [-0.05, 0) is 47.5 Å². The van der Waals surface area contributed by atoms with Crippen LogP contribution in [0.3, 0.4) is 0 Å². The second-order valence-corrected chi connectivity index (χ2v) is 6.44. The van der Waals surface area contributed by atoms with E-state index in [0.717, 1.165) is 11.1 Å². The van der Waals surface area contributed by atoms with Gasteiger partial charge in [-0.2, -0.15) is 5.10 Å². The second-order valence-electron chi connectivity index (χ2n) is 6.44. The Morgan fingerprint density at radius 2 is 1.66 bits per heavy atom. The summed E-state index contributed by atoms with van der Waals surface area (Å²) in [6.07, 6.45) is 3.30. The largest absolute Gasteiger partial charge is 0.316 e. The van der Waals surface area contributed by atoms with Crippen molar-refractivity contribution in [1.29, 1.82) is 0 Å². The molecule has 0 bridgehead atoms. The van der Waals surface area contributed by atoms with Crippen molar-refractivity contribution in [3.63, 3.8) is 0 Å². The van der Waals surface area contributed by atoms with E-state index in [1.54, 1.807) is 36.7 Å². The summed E-state index contributed by atoms with van der Waals surface area (Å²) < 4.78 is 13.3. The SMILES string of the molecule is NC(C(=O)Nc1n[nH]c(-c2ccc(F)cc2)c1-c1ccncc1)c1ccccc1. The van der Waals surface area contributed by atoms with E-state index in [2.05, 4.69) is 20.5 Å². The van der Waals surface area contributed by atoms with E-state index < -0.39 is 6.04 Å². The van der Waals surface area contributed by atoms with E-state index in [0.29, 0.717) is 22.6 Å². The first kappa shape index (κ1) is 18.5. The lowest BCUT2D eigenvalue weighted by atomic mass is 10.0. The van der Waals surface area contributed by atoms with Crippen molar-refractivity contribution in [2.45, 2.75) is 6.04 Å². The van der Waals surface area contributed by atoms with Crippen LogP contribution in [0.1, 0.15) is 11.6 Å². The van der Waals surface area contributed by atoms with Crippen molar-refractivity contribution in [2.24, 2.45) is 5.73 Å². The lowest BCUT2D eigenvalue weighted by molar-refractivity contribution is -0.117. The topological polar surface area (TPSA) is 96.7 Å². The fraction of sp³-hybridized carbons (Fsp3) is 0.0455. The predicted molar refractivity (Wildman–Crippen MR) is 109 cm³/mol. The molecule has 0 spiro atoms. The summed E-state index contributed by atoms with van der Waals surface area (Å²) in [6.45, 7) is 0. The van der Waals surface area contributed by atoms with Crippen LogP contribution in [0.15, 0.2) is 79.1 Å². The molecule has 1 unspecified atom stereocenters. The van der Waals surface area contributed by atoms with Gasteiger partial charge in [0.2, 0.25) is 5.91 Å². The minimum Gasteiger partial charge on any atom is -0.316 e. The first-order chi connectivity index (χ1) is 14.1. The third-order valence-corrected chi connectivity index (χ3v) is 4.55. The van der Waals surface area contributed by atoms with Crippen molar-refractivity contribution < 1.29 is 9.18 Å². The number of nitrogens with zero attached hydrogens (tertiary/aromatic N) is 2. The standard InChI is InChI=1S/C22H18FN5O/c23-17-8-6-16(7-9-17)20-18(14-10-12-25-13-11-14)21(28-27-20)26-22(29)19(24)15-4-2-1-3-5-15/h1-13,19H,24H2,(H2,26,27,28,29). The number of halogens is 1. The van der Waals surface area contributed by atoms with E-state index in [1.807, 2.05) is 30.3 Å². The molecule has 0 saturated heterocycles. The molecule has 144 valence electrons. The zero-order valence-corrected chi connectivity index (χ0v) is 15.3. The number of aromatic nitrogens is 3. The number of aromatic amines is 1. The monoisotopic (exact) mass is 387 g/mol. The van der Waals surface area contributed by atoms with E-state index in [9.17, 15) is 9.18 Å². The van der Waals surface area contributed by atoms with Gasteiger partial charge in [-0.15, -0.1) is 0 Å². The number of anilines is 1. The Hall–Kier alpha value is -3.84. The molecule has 6 nitrogen and oxygen atoms in total. The van der Waals surface area contributed by atoms with Crippen molar-refractivity contribution >= 4 is 11.7 Å². The van der Waals surface area contributed by atoms with Gasteiger partial charge in [-0.3, -0.25) is 14.9 Å². The zero-order valence-electron chi connectivity index (χ0n) is 15.3. The Kier molecular flexibility index (Phi) is 5.13. The predicted octanol–water partition coefficient (Wildman–Crippen LogP) is 3.92. The van der Waals surface area contributed by atoms with Crippen molar-refractivity contribution in [3.05, 3.63) is 90.5 Å². The molecule has 0 aliphatic rings. The molecule has 4 N–H and O–H groups in total. The summed E-state index contributed by atoms with van der Waals surface area (Å²) in [5.74, 6) is -0.378. The van der Waals surface area contributed by atoms with E-state index in [-0.39, 0.29) is 11.7 Å². The van der Waals surface area contributed by atoms with Crippen molar-refractivity contribution in [3.8, 4) is 22.4 Å². The normalized spacial score (nSPS) is 11.8. The van der Waals surface area contributed by atoms with Crippen LogP contribution in [0.5, 0.6) is 0 Å². The van der Waals surface area contributed by atoms with Crippen LogP contribution < -0.4 is 11.1 Å². The summed E-state index contributed by atoms with van der Waals surface area (Å²) in [4.78, 5) is 16.8. The molecule has 0 radical (unpaired) electrons. The highest BCUT2D eigenvalue weighted by molar-refractivity contribution is 6.00. The molecule has 1 atom stereocenters. The summed E-state index contributed by atoms with van der Waals surface area (Å²) >= 11 is 0. The molecule has 0 aliphatic carbocycles. The summed E-state index contributed by atoms with van der Waals surface area (Å²) in [7, 11) is 0. The van der Waals surface area contributed by atoms with Crippen molar-refractivity contribution in [1.82, 2.24) is 15.2 Å². The van der Waals surface area contributed by atoms with Gasteiger partial charge in [0.25, 0.3) is 0 Å². The Morgan fingerprint density at radius 1 is 0.966 bits per heavy atom. The third kappa shape index (κ3) is 3.90. The van der Waals surface area contributed by atoms with E-state index >= 15 is 0 Å². The van der Waals surface area contributed by atoms with Crippen LogP contribution in [0, 0.1) is 5.82 Å². The molecule has 0 saturated carbocycles. The van der Waals surface area contributed by atoms with Crippen LogP contribution >= 0.6 is 0 Å². The average molecular weight is 387 g/mol. The number of amides is 1. The Balaban J connectivity index is 1.72. The molecule has 2 aromatic carbocycles. The minimum atomic E-state index is -0.840. The molecule has 1 amide bonds. The van der Waals surface area contributed by atoms with E-state index in [1.165, 1.54) is 12.1 Å². The Morgan fingerprint density at radius 3 is 2.34 bits per heavy atom. The Bertz CT molecular complexity index is 1110. The third-order valence-electron chi connectivity index (χ3n) is 4.55. The number of hydrogen-bond donors (Lipinski definition) is 3. The van der Waals surface area contributed by atoms with E-state index in [4.69, 9.17) is 5.73 Å². The van der Waals surface area contributed by atoms with Gasteiger partial charge in [0.15, 0.2) is 5.82 Å². The summed E-state index contributed by atoms with van der Waals surface area (Å²) in [5, 5.41) is 10.0. The molecule has 4 aromatic rings. The van der Waals surface area contributed by atoms with Crippen LogP contribution in [0.2, 0.25) is 0 Å². The number of H-pyrrole nitrogens is 1. The lowest BCUT2D eigenvalue weighted by Gasteiger charge is -2.13. The number of rotatable bonds is 5. The maximum atomic E-state index is 13.3. The summed E-state index contributed by atoms with van der Waals surface area (Å²) in [5.41, 5.74) is 9.67. The Labute approximate surface area is 166 Å². The molecule has 4 rings (SSSR count). The highest BCUT2D eigenvalue weighted by Crippen LogP contribution is 2.36. The highest BCUT2D eigenvalue weighted by atomic mass is 19.1.